The summed E-state index contributed by atoms with van der Waals surface area (Å²) in [7, 11) is 0. The number of para-hydroxylation sites is 1. The Morgan fingerprint density at radius 1 is 1.36 bits per heavy atom. The Morgan fingerprint density at radius 3 is 2.88 bits per heavy atom. The van der Waals surface area contributed by atoms with Crippen LogP contribution >= 0.6 is 11.8 Å². The number of amides is 2. The summed E-state index contributed by atoms with van der Waals surface area (Å²) in [6.45, 7) is 3.91. The lowest BCUT2D eigenvalue weighted by atomic mass is 10.1. The predicted molar refractivity (Wildman–Crippen MR) is 96.0 cm³/mol. The normalized spacial score (nSPS) is 21.0. The molecule has 0 N–H and O–H groups in total. The molecule has 0 unspecified atom stereocenters. The largest absolute Gasteiger partial charge is 0.463 e. The summed E-state index contributed by atoms with van der Waals surface area (Å²) in [4.78, 5) is 39.8. The highest BCUT2D eigenvalue weighted by Gasteiger charge is 2.35. The van der Waals surface area contributed by atoms with Crippen LogP contribution in [0.3, 0.4) is 0 Å². The van der Waals surface area contributed by atoms with E-state index in [0.29, 0.717) is 5.03 Å². The second-order valence-corrected chi connectivity index (χ2v) is 6.94. The van der Waals surface area contributed by atoms with Gasteiger partial charge in [-0.25, -0.2) is 4.79 Å². The van der Waals surface area contributed by atoms with Crippen LogP contribution < -0.4 is 4.90 Å². The van der Waals surface area contributed by atoms with Crippen molar-refractivity contribution in [3.8, 4) is 0 Å². The summed E-state index contributed by atoms with van der Waals surface area (Å²) >= 11 is 1.25. The van der Waals surface area contributed by atoms with Crippen molar-refractivity contribution in [1.82, 2.24) is 4.90 Å². The molecule has 1 saturated heterocycles. The van der Waals surface area contributed by atoms with Gasteiger partial charge in [-0.3, -0.25) is 14.5 Å². The smallest absolute Gasteiger partial charge is 0.333 e. The van der Waals surface area contributed by atoms with Crippen LogP contribution in [0.25, 0.3) is 0 Å². The van der Waals surface area contributed by atoms with Gasteiger partial charge in [0.1, 0.15) is 6.54 Å². The van der Waals surface area contributed by atoms with E-state index in [9.17, 15) is 14.4 Å². The lowest BCUT2D eigenvalue weighted by Gasteiger charge is -2.25. The first-order valence-electron chi connectivity index (χ1n) is 8.22. The van der Waals surface area contributed by atoms with Crippen LogP contribution in [-0.2, 0) is 25.5 Å². The first kappa shape index (κ1) is 17.5. The molecule has 1 atom stereocenters. The maximum atomic E-state index is 12.9. The number of carbonyl (C=O) groups excluding carboxylic acids is 3. The van der Waals surface area contributed by atoms with E-state index in [1.807, 2.05) is 31.2 Å². The van der Waals surface area contributed by atoms with Crippen LogP contribution in [0, 0.1) is 0 Å². The predicted octanol–water partition coefficient (Wildman–Crippen LogP) is 1.94. The van der Waals surface area contributed by atoms with Crippen molar-refractivity contribution in [1.29, 1.82) is 0 Å². The van der Waals surface area contributed by atoms with E-state index in [-0.39, 0.29) is 36.8 Å². The summed E-state index contributed by atoms with van der Waals surface area (Å²) in [6, 6.07) is 7.85. The number of thioether (sulfide) groups is 1. The number of fused-ring (bicyclic) bond motifs is 1. The fourth-order valence-electron chi connectivity index (χ4n) is 3.14. The fourth-order valence-corrected chi connectivity index (χ4v) is 4.07. The van der Waals surface area contributed by atoms with Gasteiger partial charge in [-0.05, 0) is 31.9 Å². The molecule has 1 aromatic rings. The Balaban J connectivity index is 1.77. The molecule has 25 heavy (non-hydrogen) atoms. The molecule has 0 aliphatic carbocycles. The molecule has 0 bridgehead atoms. The van der Waals surface area contributed by atoms with Crippen LogP contribution in [0.4, 0.5) is 5.69 Å². The zero-order valence-electron chi connectivity index (χ0n) is 14.2. The number of rotatable bonds is 4. The molecule has 0 saturated carbocycles. The van der Waals surface area contributed by atoms with Crippen molar-refractivity contribution >= 4 is 35.2 Å². The first-order chi connectivity index (χ1) is 12.0. The molecule has 2 aliphatic heterocycles. The van der Waals surface area contributed by atoms with E-state index in [1.165, 1.54) is 22.7 Å². The van der Waals surface area contributed by atoms with Gasteiger partial charge in [0.05, 0.1) is 23.5 Å². The average Bonchev–Trinajstić information content (AvgIpc) is 3.08. The Bertz CT molecular complexity index is 746. The van der Waals surface area contributed by atoms with Crippen LogP contribution in [0.5, 0.6) is 0 Å². The monoisotopic (exact) mass is 360 g/mol. The van der Waals surface area contributed by atoms with Crippen molar-refractivity contribution in [3.05, 3.63) is 40.9 Å². The Kier molecular flexibility index (Phi) is 5.13. The molecule has 1 aromatic carbocycles. The molecular weight excluding hydrogens is 340 g/mol. The lowest BCUT2D eigenvalue weighted by molar-refractivity contribution is -0.137. The van der Waals surface area contributed by atoms with Gasteiger partial charge < -0.3 is 9.64 Å². The molecule has 3 rings (SSSR count). The topological polar surface area (TPSA) is 66.9 Å². The minimum Gasteiger partial charge on any atom is -0.463 e. The maximum Gasteiger partial charge on any atom is 0.333 e. The van der Waals surface area contributed by atoms with Gasteiger partial charge in [0.15, 0.2) is 0 Å². The molecule has 0 radical (unpaired) electrons. The quantitative estimate of drug-likeness (QED) is 0.606. The summed E-state index contributed by atoms with van der Waals surface area (Å²) in [5, 5.41) is 0.469. The van der Waals surface area contributed by atoms with Gasteiger partial charge in [0.25, 0.3) is 0 Å². The number of esters is 1. The van der Waals surface area contributed by atoms with E-state index < -0.39 is 5.97 Å². The molecule has 0 spiro atoms. The number of anilines is 1. The molecule has 6 nitrogen and oxygen atoms in total. The van der Waals surface area contributed by atoms with Gasteiger partial charge in [-0.15, -0.1) is 0 Å². The van der Waals surface area contributed by atoms with Gasteiger partial charge in [-0.1, -0.05) is 30.0 Å². The summed E-state index contributed by atoms with van der Waals surface area (Å²) in [6.07, 6.45) is 2.09. The SMILES string of the molecule is CCOC(=O)/C=C1\SCC(=O)N1CC(=O)N1c2ccccc2C[C@H]1C. The van der Waals surface area contributed by atoms with Crippen LogP contribution in [-0.4, -0.2) is 47.6 Å². The second-order valence-electron chi connectivity index (χ2n) is 5.95. The number of benzene rings is 1. The zero-order valence-corrected chi connectivity index (χ0v) is 15.0. The van der Waals surface area contributed by atoms with Crippen LogP contribution in [0.1, 0.15) is 19.4 Å². The minimum atomic E-state index is -0.503. The van der Waals surface area contributed by atoms with Gasteiger partial charge >= 0.3 is 5.97 Å². The third kappa shape index (κ3) is 3.56. The number of hydrogen-bond donors (Lipinski definition) is 0. The van der Waals surface area contributed by atoms with Crippen molar-refractivity contribution in [2.45, 2.75) is 26.3 Å². The Hall–Kier alpha value is -2.28. The van der Waals surface area contributed by atoms with Crippen LogP contribution in [0.15, 0.2) is 35.4 Å². The van der Waals surface area contributed by atoms with E-state index in [2.05, 4.69) is 0 Å². The third-order valence-electron chi connectivity index (χ3n) is 4.21. The second kappa shape index (κ2) is 7.31. The van der Waals surface area contributed by atoms with Crippen molar-refractivity contribution in [2.75, 3.05) is 23.8 Å². The minimum absolute atomic E-state index is 0.0488. The molecule has 7 heteroatoms. The summed E-state index contributed by atoms with van der Waals surface area (Å²) in [5.74, 6) is -0.598. The Labute approximate surface area is 150 Å². The summed E-state index contributed by atoms with van der Waals surface area (Å²) in [5.41, 5.74) is 2.03. The van der Waals surface area contributed by atoms with E-state index in [4.69, 9.17) is 4.74 Å². The first-order valence-corrected chi connectivity index (χ1v) is 9.21. The highest BCUT2D eigenvalue weighted by Crippen LogP contribution is 2.33. The van der Waals surface area contributed by atoms with Crippen molar-refractivity contribution < 1.29 is 19.1 Å². The highest BCUT2D eigenvalue weighted by molar-refractivity contribution is 8.04. The van der Waals surface area contributed by atoms with Crippen molar-refractivity contribution in [3.63, 3.8) is 0 Å². The van der Waals surface area contributed by atoms with E-state index in [1.54, 1.807) is 11.8 Å². The van der Waals surface area contributed by atoms with Crippen molar-refractivity contribution in [2.24, 2.45) is 0 Å². The molecule has 0 aromatic heterocycles. The molecule has 2 aliphatic rings. The Morgan fingerprint density at radius 2 is 2.12 bits per heavy atom. The van der Waals surface area contributed by atoms with Gasteiger partial charge in [0.2, 0.25) is 11.8 Å². The number of hydrogen-bond acceptors (Lipinski definition) is 5. The summed E-state index contributed by atoms with van der Waals surface area (Å²) < 4.78 is 4.89. The highest BCUT2D eigenvalue weighted by atomic mass is 32.2. The van der Waals surface area contributed by atoms with Gasteiger partial charge in [0, 0.05) is 11.7 Å². The lowest BCUT2D eigenvalue weighted by Crippen LogP contribution is -2.43. The molecule has 132 valence electrons. The zero-order chi connectivity index (χ0) is 18.0. The maximum absolute atomic E-state index is 12.9. The molecule has 2 heterocycles. The standard InChI is InChI=1S/C18H20N2O4S/c1-3-24-18(23)9-17-19(16(22)11-25-17)10-15(21)20-12(2)8-13-6-4-5-7-14(13)20/h4-7,9,12H,3,8,10-11H2,1-2H3/b17-9-/t12-/m1/s1. The van der Waals surface area contributed by atoms with Crippen LogP contribution in [0.2, 0.25) is 0 Å². The molecule has 2 amide bonds. The number of nitrogens with zero attached hydrogens (tertiary/aromatic N) is 2. The van der Waals surface area contributed by atoms with E-state index >= 15 is 0 Å². The fraction of sp³-hybridized carbons (Fsp3) is 0.389. The molecule has 1 fully saturated rings. The van der Waals surface area contributed by atoms with E-state index in [0.717, 1.165) is 17.7 Å². The number of ether oxygens (including phenoxy) is 1. The molecular formula is C18H20N2O4S. The average molecular weight is 360 g/mol. The third-order valence-corrected chi connectivity index (χ3v) is 5.23. The van der Waals surface area contributed by atoms with Gasteiger partial charge in [-0.2, -0.15) is 0 Å². The number of carbonyl (C=O) groups is 3.